The zero-order chi connectivity index (χ0) is 14.4. The van der Waals surface area contributed by atoms with Crippen LogP contribution < -0.4 is 11.1 Å². The van der Waals surface area contributed by atoms with Crippen LogP contribution in [0.4, 0.5) is 0 Å². The second-order valence-corrected chi connectivity index (χ2v) is 4.05. The van der Waals surface area contributed by atoms with Crippen LogP contribution in [0.15, 0.2) is 18.2 Å². The van der Waals surface area contributed by atoms with Gasteiger partial charge in [-0.05, 0) is 24.6 Å². The highest BCUT2D eigenvalue weighted by atomic mass is 16.1. The zero-order valence-electron chi connectivity index (χ0n) is 11.0. The molecule has 0 atom stereocenters. The van der Waals surface area contributed by atoms with E-state index in [0.29, 0.717) is 11.4 Å². The van der Waals surface area contributed by atoms with Crippen LogP contribution >= 0.6 is 0 Å². The second-order valence-electron chi connectivity index (χ2n) is 4.05. The van der Waals surface area contributed by atoms with Crippen molar-refractivity contribution in [1.82, 2.24) is 25.9 Å². The molecule has 0 aliphatic rings. The molecule has 1 heterocycles. The average molecular weight is 270 g/mol. The Kier molecular flexibility index (Phi) is 4.42. The molecule has 0 fully saturated rings. The molecule has 4 N–H and O–H groups in total. The molecule has 2 aromatic rings. The Morgan fingerprint density at radius 1 is 1.50 bits per heavy atom. The quantitative estimate of drug-likeness (QED) is 0.666. The Morgan fingerprint density at radius 2 is 2.35 bits per heavy atom. The summed E-state index contributed by atoms with van der Waals surface area (Å²) < 4.78 is 0. The fraction of sp³-hybridized carbons (Fsp3) is 0.231. The van der Waals surface area contributed by atoms with E-state index in [1.54, 1.807) is 12.1 Å². The highest BCUT2D eigenvalue weighted by Gasteiger charge is 2.08. The number of nitrogens with zero attached hydrogens (tertiary/aromatic N) is 3. The van der Waals surface area contributed by atoms with Crippen molar-refractivity contribution in [2.24, 2.45) is 5.73 Å². The van der Waals surface area contributed by atoms with Gasteiger partial charge < -0.3 is 11.1 Å². The lowest BCUT2D eigenvalue weighted by atomic mass is 10.0. The Balaban J connectivity index is 2.09. The van der Waals surface area contributed by atoms with Crippen molar-refractivity contribution in [2.75, 3.05) is 6.54 Å². The highest BCUT2D eigenvalue weighted by molar-refractivity contribution is 5.94. The number of H-pyrrole nitrogens is 1. The largest absolute Gasteiger partial charge is 0.345 e. The summed E-state index contributed by atoms with van der Waals surface area (Å²) in [5.74, 6) is 5.93. The minimum atomic E-state index is -0.217. The van der Waals surface area contributed by atoms with Crippen molar-refractivity contribution < 1.29 is 4.79 Å². The lowest BCUT2D eigenvalue weighted by molar-refractivity contribution is 0.0950. The van der Waals surface area contributed by atoms with Crippen molar-refractivity contribution in [3.63, 3.8) is 0 Å². The molecule has 20 heavy (non-hydrogen) atoms. The van der Waals surface area contributed by atoms with Gasteiger partial charge in [0.1, 0.15) is 0 Å². The summed E-state index contributed by atoms with van der Waals surface area (Å²) in [6, 6.07) is 5.34. The van der Waals surface area contributed by atoms with Crippen LogP contribution in [0.2, 0.25) is 0 Å². The molecule has 0 saturated heterocycles. The van der Waals surface area contributed by atoms with Gasteiger partial charge in [0.15, 0.2) is 5.82 Å². The first kappa shape index (κ1) is 13.7. The van der Waals surface area contributed by atoms with Gasteiger partial charge in [0.25, 0.3) is 5.91 Å². The van der Waals surface area contributed by atoms with E-state index in [4.69, 9.17) is 5.73 Å². The number of carbonyl (C=O) groups excluding carboxylic acids is 1. The van der Waals surface area contributed by atoms with Gasteiger partial charge in [0.05, 0.1) is 13.1 Å². The highest BCUT2D eigenvalue weighted by Crippen LogP contribution is 2.10. The molecule has 1 aromatic carbocycles. The Bertz CT molecular complexity index is 653. The molecule has 1 aromatic heterocycles. The van der Waals surface area contributed by atoms with Crippen molar-refractivity contribution in [3.05, 3.63) is 40.7 Å². The second kappa shape index (κ2) is 6.45. The number of rotatable bonds is 3. The van der Waals surface area contributed by atoms with Crippen molar-refractivity contribution in [1.29, 1.82) is 0 Å². The lowest BCUT2D eigenvalue weighted by Crippen LogP contribution is -2.23. The lowest BCUT2D eigenvalue weighted by Gasteiger charge is -2.05. The van der Waals surface area contributed by atoms with E-state index in [1.807, 2.05) is 13.0 Å². The van der Waals surface area contributed by atoms with E-state index in [2.05, 4.69) is 37.8 Å². The number of nitrogens with one attached hydrogen (secondary N) is 2. The molecular formula is C13H14N6O. The average Bonchev–Trinajstić information content (AvgIpc) is 2.97. The van der Waals surface area contributed by atoms with Gasteiger partial charge in [-0.25, -0.2) is 0 Å². The third-order valence-corrected chi connectivity index (χ3v) is 2.62. The molecule has 0 aliphatic heterocycles. The molecule has 0 radical (unpaired) electrons. The summed E-state index contributed by atoms with van der Waals surface area (Å²) >= 11 is 0. The van der Waals surface area contributed by atoms with Crippen LogP contribution in [0.5, 0.6) is 0 Å². The third kappa shape index (κ3) is 3.40. The van der Waals surface area contributed by atoms with Gasteiger partial charge in [-0.15, -0.1) is 10.2 Å². The minimum absolute atomic E-state index is 0.215. The summed E-state index contributed by atoms with van der Waals surface area (Å²) in [6.45, 7) is 2.43. The van der Waals surface area contributed by atoms with Crippen LogP contribution in [0, 0.1) is 18.8 Å². The molecule has 7 heteroatoms. The van der Waals surface area contributed by atoms with Crippen LogP contribution in [-0.2, 0) is 6.54 Å². The SMILES string of the molecule is Cc1ccc(C(=O)NCc2nn[nH]n2)cc1C#CCN. The minimum Gasteiger partial charge on any atom is -0.345 e. The van der Waals surface area contributed by atoms with E-state index in [0.717, 1.165) is 11.1 Å². The number of hydrogen-bond donors (Lipinski definition) is 3. The van der Waals surface area contributed by atoms with Crippen LogP contribution in [0.3, 0.4) is 0 Å². The van der Waals surface area contributed by atoms with Crippen LogP contribution in [-0.4, -0.2) is 33.1 Å². The number of hydrogen-bond acceptors (Lipinski definition) is 5. The van der Waals surface area contributed by atoms with E-state index in [9.17, 15) is 4.79 Å². The number of tetrazole rings is 1. The Labute approximate surface area is 116 Å². The normalized spacial score (nSPS) is 9.70. The topological polar surface area (TPSA) is 110 Å². The smallest absolute Gasteiger partial charge is 0.251 e. The number of benzene rings is 1. The Hall–Kier alpha value is -2.72. The summed E-state index contributed by atoms with van der Waals surface area (Å²) in [7, 11) is 0. The molecule has 1 amide bonds. The van der Waals surface area contributed by atoms with E-state index in [-0.39, 0.29) is 19.0 Å². The molecular weight excluding hydrogens is 256 g/mol. The van der Waals surface area contributed by atoms with Gasteiger partial charge in [0.2, 0.25) is 0 Å². The number of aryl methyl sites for hydroxylation is 1. The first-order valence-corrected chi connectivity index (χ1v) is 6.01. The summed E-state index contributed by atoms with van der Waals surface area (Å²) in [5.41, 5.74) is 7.67. The number of aromatic nitrogens is 4. The molecule has 0 bridgehead atoms. The molecule has 102 valence electrons. The maximum absolute atomic E-state index is 12.0. The maximum Gasteiger partial charge on any atom is 0.251 e. The van der Waals surface area contributed by atoms with Crippen molar-refractivity contribution in [3.8, 4) is 11.8 Å². The Morgan fingerprint density at radius 3 is 3.05 bits per heavy atom. The summed E-state index contributed by atoms with van der Waals surface area (Å²) in [5, 5.41) is 16.0. The fourth-order valence-electron chi connectivity index (χ4n) is 1.56. The van der Waals surface area contributed by atoms with Crippen LogP contribution in [0.1, 0.15) is 27.3 Å². The molecule has 0 spiro atoms. The van der Waals surface area contributed by atoms with Gasteiger partial charge in [0, 0.05) is 11.1 Å². The predicted octanol–water partition coefficient (Wildman–Crippen LogP) is -0.252. The zero-order valence-corrected chi connectivity index (χ0v) is 11.0. The first-order chi connectivity index (χ1) is 9.70. The summed E-state index contributed by atoms with van der Waals surface area (Å²) in [6.07, 6.45) is 0. The number of aromatic amines is 1. The summed E-state index contributed by atoms with van der Waals surface area (Å²) in [4.78, 5) is 12.0. The number of nitrogens with two attached hydrogens (primary N) is 1. The molecule has 0 aliphatic carbocycles. The van der Waals surface area contributed by atoms with Gasteiger partial charge >= 0.3 is 0 Å². The molecule has 2 rings (SSSR count). The van der Waals surface area contributed by atoms with E-state index >= 15 is 0 Å². The first-order valence-electron chi connectivity index (χ1n) is 6.01. The number of carbonyl (C=O) groups is 1. The fourth-order valence-corrected chi connectivity index (χ4v) is 1.56. The van der Waals surface area contributed by atoms with E-state index in [1.165, 1.54) is 0 Å². The van der Waals surface area contributed by atoms with Gasteiger partial charge in [-0.3, -0.25) is 4.79 Å². The van der Waals surface area contributed by atoms with Crippen molar-refractivity contribution >= 4 is 5.91 Å². The standard InChI is InChI=1S/C13H14N6O/c1-9-4-5-11(7-10(9)3-2-6-14)13(20)15-8-12-16-18-19-17-12/h4-5,7H,6,8,14H2,1H3,(H,15,20)(H,16,17,18,19). The number of amides is 1. The van der Waals surface area contributed by atoms with E-state index < -0.39 is 0 Å². The van der Waals surface area contributed by atoms with Crippen LogP contribution in [0.25, 0.3) is 0 Å². The van der Waals surface area contributed by atoms with Gasteiger partial charge in [-0.1, -0.05) is 23.1 Å². The van der Waals surface area contributed by atoms with Gasteiger partial charge in [-0.2, -0.15) is 5.21 Å². The maximum atomic E-state index is 12.0. The molecule has 0 unspecified atom stereocenters. The third-order valence-electron chi connectivity index (χ3n) is 2.62. The molecule has 0 saturated carbocycles. The molecule has 7 nitrogen and oxygen atoms in total. The van der Waals surface area contributed by atoms with Crippen molar-refractivity contribution in [2.45, 2.75) is 13.5 Å². The predicted molar refractivity (Wildman–Crippen MR) is 72.5 cm³/mol. The monoisotopic (exact) mass is 270 g/mol.